The van der Waals surface area contributed by atoms with Crippen molar-refractivity contribution in [2.24, 2.45) is 5.10 Å². The van der Waals surface area contributed by atoms with Gasteiger partial charge in [0.1, 0.15) is 10.8 Å². The van der Waals surface area contributed by atoms with Crippen LogP contribution in [0.25, 0.3) is 0 Å². The monoisotopic (exact) mass is 279 g/mol. The number of carbonyl (C=O) groups excluding carboxylic acids is 1. The van der Waals surface area contributed by atoms with Crippen LogP contribution in [0, 0.1) is 5.82 Å². The Hall–Kier alpha value is -2.35. The molecule has 19 heavy (non-hydrogen) atoms. The van der Waals surface area contributed by atoms with Gasteiger partial charge in [0.15, 0.2) is 0 Å². The number of anilines is 1. The molecule has 0 aliphatic carbocycles. The number of amides is 1. The lowest BCUT2D eigenvalue weighted by Crippen LogP contribution is -2.19. The Bertz CT molecular complexity index is 595. The van der Waals surface area contributed by atoms with Crippen molar-refractivity contribution in [1.29, 1.82) is 0 Å². The molecule has 1 aromatic heterocycles. The topological polar surface area (TPSA) is 93.3 Å². The Balaban J connectivity index is 1.84. The molecule has 1 aromatic carbocycles. The normalized spacial score (nSPS) is 10.8. The Labute approximate surface area is 112 Å². The molecule has 8 heteroatoms. The van der Waals surface area contributed by atoms with E-state index in [1.54, 1.807) is 12.1 Å². The fourth-order valence-corrected chi connectivity index (χ4v) is 1.85. The third-order valence-electron chi connectivity index (χ3n) is 2.07. The minimum Gasteiger partial charge on any atom is -0.374 e. The van der Waals surface area contributed by atoms with Gasteiger partial charge in [-0.1, -0.05) is 23.5 Å². The van der Waals surface area contributed by atoms with Crippen LogP contribution in [-0.4, -0.2) is 22.3 Å². The fourth-order valence-electron chi connectivity index (χ4n) is 1.24. The molecule has 0 radical (unpaired) electrons. The van der Waals surface area contributed by atoms with E-state index in [0.29, 0.717) is 15.7 Å². The van der Waals surface area contributed by atoms with E-state index in [9.17, 15) is 9.18 Å². The van der Waals surface area contributed by atoms with Crippen molar-refractivity contribution in [2.75, 3.05) is 5.73 Å². The van der Waals surface area contributed by atoms with Crippen LogP contribution < -0.4 is 11.2 Å². The standard InChI is InChI=1S/C11H10FN5OS/c12-8-3-1-7(2-4-8)6-14-15-9(18)5-10-16-17-11(13)19-10/h1-4,6H,5H2,(H2,13,17)(H,15,18). The smallest absolute Gasteiger partial charge is 0.247 e. The van der Waals surface area contributed by atoms with Gasteiger partial charge in [-0.3, -0.25) is 4.79 Å². The quantitative estimate of drug-likeness (QED) is 0.643. The first kappa shape index (κ1) is 13.1. The van der Waals surface area contributed by atoms with Crippen molar-refractivity contribution in [3.8, 4) is 0 Å². The van der Waals surface area contributed by atoms with Crippen LogP contribution >= 0.6 is 11.3 Å². The highest BCUT2D eigenvalue weighted by atomic mass is 32.1. The van der Waals surface area contributed by atoms with Crippen molar-refractivity contribution in [2.45, 2.75) is 6.42 Å². The second kappa shape index (κ2) is 6.01. The summed E-state index contributed by atoms with van der Waals surface area (Å²) in [4.78, 5) is 11.5. The SMILES string of the molecule is Nc1nnc(CC(=O)NN=Cc2ccc(F)cc2)s1. The maximum Gasteiger partial charge on any atom is 0.247 e. The van der Waals surface area contributed by atoms with Crippen LogP contribution in [0.5, 0.6) is 0 Å². The summed E-state index contributed by atoms with van der Waals surface area (Å²) in [6.07, 6.45) is 1.49. The van der Waals surface area contributed by atoms with Gasteiger partial charge in [-0.05, 0) is 17.7 Å². The number of nitrogen functional groups attached to an aromatic ring is 1. The van der Waals surface area contributed by atoms with Gasteiger partial charge >= 0.3 is 0 Å². The Morgan fingerprint density at radius 3 is 2.79 bits per heavy atom. The molecule has 0 fully saturated rings. The lowest BCUT2D eigenvalue weighted by atomic mass is 10.2. The molecule has 2 aromatic rings. The number of rotatable bonds is 4. The first-order valence-corrected chi connectivity index (χ1v) is 6.10. The molecule has 0 bridgehead atoms. The third-order valence-corrected chi connectivity index (χ3v) is 2.82. The fraction of sp³-hybridized carbons (Fsp3) is 0.0909. The molecule has 0 aliphatic heterocycles. The highest BCUT2D eigenvalue weighted by molar-refractivity contribution is 7.15. The highest BCUT2D eigenvalue weighted by Crippen LogP contribution is 2.10. The average Bonchev–Trinajstić information content (AvgIpc) is 2.77. The molecule has 1 heterocycles. The summed E-state index contributed by atoms with van der Waals surface area (Å²) in [5.74, 6) is -0.649. The van der Waals surface area contributed by atoms with Gasteiger partial charge in [-0.2, -0.15) is 5.10 Å². The van der Waals surface area contributed by atoms with Crippen LogP contribution in [-0.2, 0) is 11.2 Å². The van der Waals surface area contributed by atoms with Crippen LogP contribution in [0.15, 0.2) is 29.4 Å². The molecule has 3 N–H and O–H groups in total. The first-order valence-electron chi connectivity index (χ1n) is 5.29. The average molecular weight is 279 g/mol. The zero-order valence-electron chi connectivity index (χ0n) is 9.71. The van der Waals surface area contributed by atoms with Gasteiger partial charge in [0, 0.05) is 0 Å². The minimum atomic E-state index is -0.325. The molecule has 2 rings (SSSR count). The number of benzene rings is 1. The number of carbonyl (C=O) groups is 1. The van der Waals surface area contributed by atoms with E-state index in [1.165, 1.54) is 18.3 Å². The number of nitrogens with zero attached hydrogens (tertiary/aromatic N) is 3. The summed E-state index contributed by atoms with van der Waals surface area (Å²) in [6, 6.07) is 5.73. The summed E-state index contributed by atoms with van der Waals surface area (Å²) in [7, 11) is 0. The van der Waals surface area contributed by atoms with E-state index >= 15 is 0 Å². The van der Waals surface area contributed by atoms with Crippen molar-refractivity contribution < 1.29 is 9.18 Å². The second-order valence-corrected chi connectivity index (χ2v) is 4.65. The summed E-state index contributed by atoms with van der Waals surface area (Å²) < 4.78 is 12.6. The van der Waals surface area contributed by atoms with Crippen LogP contribution in [0.3, 0.4) is 0 Å². The van der Waals surface area contributed by atoms with Crippen molar-refractivity contribution >= 4 is 28.6 Å². The molecule has 0 aliphatic rings. The summed E-state index contributed by atoms with van der Waals surface area (Å²) in [5.41, 5.74) is 8.42. The van der Waals surface area contributed by atoms with Crippen molar-refractivity contribution in [1.82, 2.24) is 15.6 Å². The van der Waals surface area contributed by atoms with Gasteiger partial charge in [-0.15, -0.1) is 10.2 Å². The molecular weight excluding hydrogens is 269 g/mol. The molecule has 98 valence electrons. The molecule has 0 unspecified atom stereocenters. The van der Waals surface area contributed by atoms with Gasteiger partial charge in [0.25, 0.3) is 0 Å². The molecular formula is C11H10FN5OS. The molecule has 1 amide bonds. The van der Waals surface area contributed by atoms with Crippen molar-refractivity contribution in [3.63, 3.8) is 0 Å². The van der Waals surface area contributed by atoms with E-state index in [4.69, 9.17) is 5.73 Å². The summed E-state index contributed by atoms with van der Waals surface area (Å²) in [5, 5.41) is 11.9. The van der Waals surface area contributed by atoms with Crippen LogP contribution in [0.4, 0.5) is 9.52 Å². The third kappa shape index (κ3) is 4.11. The maximum absolute atomic E-state index is 12.6. The lowest BCUT2D eigenvalue weighted by Gasteiger charge is -1.96. The number of hydrazone groups is 1. The van der Waals surface area contributed by atoms with Gasteiger partial charge in [0.05, 0.1) is 12.6 Å². The van der Waals surface area contributed by atoms with E-state index in [1.807, 2.05) is 0 Å². The van der Waals surface area contributed by atoms with Gasteiger partial charge in [-0.25, -0.2) is 9.82 Å². The molecule has 6 nitrogen and oxygen atoms in total. The number of hydrogen-bond acceptors (Lipinski definition) is 6. The van der Waals surface area contributed by atoms with E-state index in [0.717, 1.165) is 11.3 Å². The number of hydrogen-bond donors (Lipinski definition) is 2. The molecule has 0 atom stereocenters. The lowest BCUT2D eigenvalue weighted by molar-refractivity contribution is -0.120. The largest absolute Gasteiger partial charge is 0.374 e. The zero-order valence-corrected chi connectivity index (χ0v) is 10.5. The zero-order chi connectivity index (χ0) is 13.7. The van der Waals surface area contributed by atoms with Crippen LogP contribution in [0.1, 0.15) is 10.6 Å². The second-order valence-electron chi connectivity index (χ2n) is 3.56. The Morgan fingerprint density at radius 2 is 2.16 bits per heavy atom. The minimum absolute atomic E-state index is 0.0651. The van der Waals surface area contributed by atoms with Gasteiger partial charge in [0.2, 0.25) is 11.0 Å². The summed E-state index contributed by atoms with van der Waals surface area (Å²) >= 11 is 1.15. The maximum atomic E-state index is 12.6. The Kier molecular flexibility index (Phi) is 4.14. The molecule has 0 saturated carbocycles. The summed E-state index contributed by atoms with van der Waals surface area (Å²) in [6.45, 7) is 0. The van der Waals surface area contributed by atoms with Gasteiger partial charge < -0.3 is 5.73 Å². The highest BCUT2D eigenvalue weighted by Gasteiger charge is 2.06. The predicted octanol–water partition coefficient (Wildman–Crippen LogP) is 0.952. The molecule has 0 spiro atoms. The number of nitrogens with two attached hydrogens (primary N) is 1. The van der Waals surface area contributed by atoms with E-state index in [-0.39, 0.29) is 18.1 Å². The predicted molar refractivity (Wildman–Crippen MR) is 70.2 cm³/mol. The van der Waals surface area contributed by atoms with Crippen molar-refractivity contribution in [3.05, 3.63) is 40.7 Å². The number of aromatic nitrogens is 2. The van der Waals surface area contributed by atoms with E-state index < -0.39 is 0 Å². The number of halogens is 1. The Morgan fingerprint density at radius 1 is 1.42 bits per heavy atom. The number of nitrogens with one attached hydrogen (secondary N) is 1. The van der Waals surface area contributed by atoms with Crippen LogP contribution in [0.2, 0.25) is 0 Å². The van der Waals surface area contributed by atoms with E-state index in [2.05, 4.69) is 20.7 Å². The first-order chi connectivity index (χ1) is 9.13. The molecule has 0 saturated heterocycles.